The second-order valence-electron chi connectivity index (χ2n) is 12.1. The van der Waals surface area contributed by atoms with Gasteiger partial charge in [-0.1, -0.05) is 36.4 Å². The summed E-state index contributed by atoms with van der Waals surface area (Å²) in [4.78, 5) is 24.6. The molecule has 3 aromatic carbocycles. The highest BCUT2D eigenvalue weighted by molar-refractivity contribution is 6.07. The van der Waals surface area contributed by atoms with Gasteiger partial charge in [0.25, 0.3) is 0 Å². The number of benzene rings is 3. The van der Waals surface area contributed by atoms with Gasteiger partial charge in [0.05, 0.1) is 24.6 Å². The summed E-state index contributed by atoms with van der Waals surface area (Å²) in [6.07, 6.45) is 5.65. The number of aliphatic carboxylic acids is 1. The standard InChI is InChI=1S/C34H32FNO5/c35-30-9-8-29(31(37)12-22-14-34(15-22)16-25(17-34)33(38)39)32-28(30)10-11-36(32)18-21-4-6-23(7-5-21)24-2-1-3-26(13-24)41-27-19-40-20-27/h1-11,13,22,25,27H,12,14-20H2,(H,38,39). The molecule has 4 aromatic rings. The predicted octanol–water partition coefficient (Wildman–Crippen LogP) is 6.74. The van der Waals surface area contributed by atoms with E-state index in [0.717, 1.165) is 48.1 Å². The summed E-state index contributed by atoms with van der Waals surface area (Å²) in [6, 6.07) is 21.0. The second-order valence-corrected chi connectivity index (χ2v) is 12.1. The van der Waals surface area contributed by atoms with Crippen LogP contribution in [0.4, 0.5) is 4.39 Å². The maximum Gasteiger partial charge on any atom is 0.306 e. The fourth-order valence-corrected chi connectivity index (χ4v) is 7.05. The van der Waals surface area contributed by atoms with Crippen molar-refractivity contribution in [2.75, 3.05) is 13.2 Å². The van der Waals surface area contributed by atoms with Crippen molar-refractivity contribution in [1.82, 2.24) is 4.57 Å². The fraction of sp³-hybridized carbons (Fsp3) is 0.353. The van der Waals surface area contributed by atoms with Crippen molar-refractivity contribution in [1.29, 1.82) is 0 Å². The average Bonchev–Trinajstić information content (AvgIpc) is 3.32. The smallest absolute Gasteiger partial charge is 0.306 e. The lowest BCUT2D eigenvalue weighted by molar-refractivity contribution is -0.157. The number of rotatable bonds is 9. The third-order valence-corrected chi connectivity index (χ3v) is 9.18. The van der Waals surface area contributed by atoms with Crippen LogP contribution in [0.3, 0.4) is 0 Å². The largest absolute Gasteiger partial charge is 0.486 e. The van der Waals surface area contributed by atoms with E-state index < -0.39 is 5.97 Å². The van der Waals surface area contributed by atoms with E-state index in [1.165, 1.54) is 6.07 Å². The molecule has 2 heterocycles. The van der Waals surface area contributed by atoms with Crippen LogP contribution in [0.1, 0.15) is 48.0 Å². The molecule has 7 heteroatoms. The molecule has 1 spiro atoms. The van der Waals surface area contributed by atoms with Crippen LogP contribution in [0.15, 0.2) is 72.9 Å². The summed E-state index contributed by atoms with van der Waals surface area (Å²) in [7, 11) is 0. The third kappa shape index (κ3) is 4.93. The van der Waals surface area contributed by atoms with Gasteiger partial charge in [-0.05, 0) is 84.0 Å². The van der Waals surface area contributed by atoms with Crippen LogP contribution >= 0.6 is 0 Å². The van der Waals surface area contributed by atoms with Crippen LogP contribution < -0.4 is 4.74 Å². The van der Waals surface area contributed by atoms with E-state index in [9.17, 15) is 19.1 Å². The van der Waals surface area contributed by atoms with Crippen LogP contribution in [0.5, 0.6) is 5.75 Å². The van der Waals surface area contributed by atoms with Gasteiger partial charge in [0.1, 0.15) is 17.7 Å². The quantitative estimate of drug-likeness (QED) is 0.232. The monoisotopic (exact) mass is 553 g/mol. The Balaban J connectivity index is 1.06. The first-order valence-electron chi connectivity index (χ1n) is 14.3. The van der Waals surface area contributed by atoms with Crippen molar-refractivity contribution < 1.29 is 28.6 Å². The summed E-state index contributed by atoms with van der Waals surface area (Å²) in [5, 5.41) is 9.65. The lowest BCUT2D eigenvalue weighted by Gasteiger charge is -2.56. The number of Topliss-reactive ketones (excluding diaryl/α,β-unsaturated/α-hetero) is 1. The Labute approximate surface area is 237 Å². The molecule has 41 heavy (non-hydrogen) atoms. The summed E-state index contributed by atoms with van der Waals surface area (Å²) < 4.78 is 27.9. The Morgan fingerprint density at radius 3 is 2.46 bits per heavy atom. The van der Waals surface area contributed by atoms with Crippen molar-refractivity contribution in [3.05, 3.63) is 89.9 Å². The number of carbonyl (C=O) groups is 2. The van der Waals surface area contributed by atoms with Crippen LogP contribution in [0.2, 0.25) is 0 Å². The van der Waals surface area contributed by atoms with Crippen LogP contribution in [0, 0.1) is 23.1 Å². The van der Waals surface area contributed by atoms with E-state index in [4.69, 9.17) is 9.47 Å². The summed E-state index contributed by atoms with van der Waals surface area (Å²) in [5.74, 6) is -0.162. The number of ketones is 1. The van der Waals surface area contributed by atoms with E-state index in [0.29, 0.717) is 42.6 Å². The van der Waals surface area contributed by atoms with Gasteiger partial charge in [0.2, 0.25) is 0 Å². The maximum absolute atomic E-state index is 14.8. The van der Waals surface area contributed by atoms with Crippen molar-refractivity contribution in [2.45, 2.75) is 44.8 Å². The highest BCUT2D eigenvalue weighted by Gasteiger charge is 2.54. The van der Waals surface area contributed by atoms with Gasteiger partial charge in [0.15, 0.2) is 5.78 Å². The molecule has 2 saturated carbocycles. The number of carbonyl (C=O) groups excluding carboxylic acids is 1. The Morgan fingerprint density at radius 2 is 1.76 bits per heavy atom. The zero-order valence-electron chi connectivity index (χ0n) is 22.7. The zero-order valence-corrected chi connectivity index (χ0v) is 22.7. The molecule has 1 saturated heterocycles. The number of halogens is 1. The average molecular weight is 554 g/mol. The minimum Gasteiger partial charge on any atom is -0.486 e. The normalized spacial score (nSPS) is 23.5. The molecule has 0 radical (unpaired) electrons. The molecular formula is C34H32FNO5. The molecule has 1 aliphatic heterocycles. The van der Waals surface area contributed by atoms with Gasteiger partial charge < -0.3 is 19.1 Å². The van der Waals surface area contributed by atoms with E-state index in [2.05, 4.69) is 30.3 Å². The molecule has 3 fully saturated rings. The first-order chi connectivity index (χ1) is 19.9. The van der Waals surface area contributed by atoms with E-state index in [-0.39, 0.29) is 35.0 Å². The molecule has 7 rings (SSSR count). The number of hydrogen-bond donors (Lipinski definition) is 1. The first-order valence-corrected chi connectivity index (χ1v) is 14.3. The summed E-state index contributed by atoms with van der Waals surface area (Å²) in [6.45, 7) is 1.77. The molecule has 1 aromatic heterocycles. The molecule has 0 bridgehead atoms. The van der Waals surface area contributed by atoms with E-state index in [1.54, 1.807) is 12.1 Å². The molecule has 0 atom stereocenters. The van der Waals surface area contributed by atoms with Crippen molar-refractivity contribution in [2.24, 2.45) is 17.3 Å². The highest BCUT2D eigenvalue weighted by Crippen LogP contribution is 2.62. The molecule has 0 amide bonds. The lowest BCUT2D eigenvalue weighted by Crippen LogP contribution is -2.50. The van der Waals surface area contributed by atoms with Crippen molar-refractivity contribution in [3.63, 3.8) is 0 Å². The summed E-state index contributed by atoms with van der Waals surface area (Å²) >= 11 is 0. The number of hydrogen-bond acceptors (Lipinski definition) is 4. The van der Waals surface area contributed by atoms with Crippen molar-refractivity contribution in [3.8, 4) is 16.9 Å². The van der Waals surface area contributed by atoms with Crippen LogP contribution in [0.25, 0.3) is 22.0 Å². The Bertz CT molecular complexity index is 1620. The Hall–Kier alpha value is -3.97. The number of carboxylic acid groups (broad SMARTS) is 1. The molecule has 1 N–H and O–H groups in total. The van der Waals surface area contributed by atoms with Gasteiger partial charge in [-0.25, -0.2) is 4.39 Å². The minimum atomic E-state index is -0.710. The first kappa shape index (κ1) is 26.0. The number of fused-ring (bicyclic) bond motifs is 1. The number of aromatic nitrogens is 1. The molecule has 6 nitrogen and oxygen atoms in total. The van der Waals surface area contributed by atoms with E-state index >= 15 is 0 Å². The topological polar surface area (TPSA) is 77.8 Å². The van der Waals surface area contributed by atoms with E-state index in [1.807, 2.05) is 29.0 Å². The van der Waals surface area contributed by atoms with Crippen LogP contribution in [-0.2, 0) is 16.1 Å². The van der Waals surface area contributed by atoms with Gasteiger partial charge in [-0.3, -0.25) is 9.59 Å². The maximum atomic E-state index is 14.8. The molecule has 3 aliphatic rings. The number of carboxylic acids is 1. The highest BCUT2D eigenvalue weighted by atomic mass is 19.1. The SMILES string of the molecule is O=C(CC1CC2(C1)CC(C(=O)O)C2)c1ccc(F)c2ccn(Cc3ccc(-c4cccc(OC5COC5)c4)cc3)c12. The fourth-order valence-electron chi connectivity index (χ4n) is 7.05. The molecule has 210 valence electrons. The Morgan fingerprint density at radius 1 is 0.976 bits per heavy atom. The van der Waals surface area contributed by atoms with Gasteiger partial charge in [-0.15, -0.1) is 0 Å². The summed E-state index contributed by atoms with van der Waals surface area (Å²) in [5.41, 5.74) is 4.49. The molecule has 0 unspecified atom stereocenters. The van der Waals surface area contributed by atoms with Gasteiger partial charge in [0, 0.05) is 30.1 Å². The number of nitrogens with zero attached hydrogens (tertiary/aromatic N) is 1. The Kier molecular flexibility index (Phi) is 6.42. The predicted molar refractivity (Wildman–Crippen MR) is 153 cm³/mol. The lowest BCUT2D eigenvalue weighted by atomic mass is 9.47. The minimum absolute atomic E-state index is 0.0230. The zero-order chi connectivity index (χ0) is 28.1. The van der Waals surface area contributed by atoms with Crippen molar-refractivity contribution >= 4 is 22.7 Å². The molecular weight excluding hydrogens is 521 g/mol. The molecule has 2 aliphatic carbocycles. The number of ether oxygens (including phenoxy) is 2. The second kappa shape index (κ2) is 10.1. The third-order valence-electron chi connectivity index (χ3n) is 9.18. The van der Waals surface area contributed by atoms with Crippen LogP contribution in [-0.4, -0.2) is 40.7 Å². The van der Waals surface area contributed by atoms with Gasteiger partial charge >= 0.3 is 5.97 Å². The van der Waals surface area contributed by atoms with Gasteiger partial charge in [-0.2, -0.15) is 0 Å².